The molecule has 54 valence electrons. The fourth-order valence-corrected chi connectivity index (χ4v) is 1.08. The number of fused-ring (bicyclic) bond motifs is 1. The largest absolute Gasteiger partial charge is 0.382 e. The van der Waals surface area contributed by atoms with E-state index in [4.69, 9.17) is 9.68 Å². The first kappa shape index (κ1) is 5.70. The molecule has 10 heavy (non-hydrogen) atoms. The second-order valence-electron chi connectivity index (χ2n) is 2.52. The van der Waals surface area contributed by atoms with Crippen LogP contribution in [0.1, 0.15) is 13.8 Å². The molecular formula is C6H8N2O2. The molecule has 0 spiro atoms. The minimum atomic E-state index is -0.0556. The summed E-state index contributed by atoms with van der Waals surface area (Å²) in [7, 11) is 0. The zero-order valence-corrected chi connectivity index (χ0v) is 5.87. The minimum absolute atomic E-state index is 0.0556. The SMILES string of the molecule is CC1=NOC2C(C)=NOC12. The topological polar surface area (TPSA) is 43.2 Å². The summed E-state index contributed by atoms with van der Waals surface area (Å²) < 4.78 is 0. The number of hydrogen-bond acceptors (Lipinski definition) is 4. The van der Waals surface area contributed by atoms with Crippen molar-refractivity contribution in [3.8, 4) is 0 Å². The average molecular weight is 140 g/mol. The van der Waals surface area contributed by atoms with Crippen LogP contribution in [0.4, 0.5) is 0 Å². The predicted molar refractivity (Wildman–Crippen MR) is 36.0 cm³/mol. The molecule has 0 N–H and O–H groups in total. The molecule has 2 atom stereocenters. The lowest BCUT2D eigenvalue weighted by Gasteiger charge is -2.03. The number of oxime groups is 2. The summed E-state index contributed by atoms with van der Waals surface area (Å²) in [4.78, 5) is 10.1. The summed E-state index contributed by atoms with van der Waals surface area (Å²) in [5.74, 6) is 0. The third kappa shape index (κ3) is 0.558. The molecular weight excluding hydrogens is 132 g/mol. The van der Waals surface area contributed by atoms with Crippen molar-refractivity contribution in [3.63, 3.8) is 0 Å². The number of rotatable bonds is 0. The number of nitrogens with zero attached hydrogens (tertiary/aromatic N) is 2. The molecule has 0 aromatic carbocycles. The molecule has 4 heteroatoms. The van der Waals surface area contributed by atoms with Gasteiger partial charge in [-0.25, -0.2) is 0 Å². The molecule has 2 rings (SSSR count). The highest BCUT2D eigenvalue weighted by Gasteiger charge is 2.40. The van der Waals surface area contributed by atoms with Crippen molar-refractivity contribution in [1.82, 2.24) is 0 Å². The van der Waals surface area contributed by atoms with Gasteiger partial charge in [0.25, 0.3) is 0 Å². The van der Waals surface area contributed by atoms with Crippen molar-refractivity contribution in [2.45, 2.75) is 26.1 Å². The lowest BCUT2D eigenvalue weighted by atomic mass is 10.1. The quantitative estimate of drug-likeness (QED) is 0.492. The van der Waals surface area contributed by atoms with Gasteiger partial charge in [-0.05, 0) is 13.8 Å². The third-order valence-electron chi connectivity index (χ3n) is 1.72. The van der Waals surface area contributed by atoms with Gasteiger partial charge in [0.05, 0.1) is 0 Å². The van der Waals surface area contributed by atoms with Crippen molar-refractivity contribution < 1.29 is 9.68 Å². The lowest BCUT2D eigenvalue weighted by molar-refractivity contribution is 0.0480. The molecule has 2 aliphatic heterocycles. The third-order valence-corrected chi connectivity index (χ3v) is 1.72. The van der Waals surface area contributed by atoms with Gasteiger partial charge in [0.2, 0.25) is 12.2 Å². The van der Waals surface area contributed by atoms with Gasteiger partial charge in [-0.3, -0.25) is 0 Å². The molecule has 2 heterocycles. The second-order valence-corrected chi connectivity index (χ2v) is 2.52. The molecule has 0 amide bonds. The van der Waals surface area contributed by atoms with Gasteiger partial charge >= 0.3 is 0 Å². The van der Waals surface area contributed by atoms with Crippen LogP contribution in [-0.2, 0) is 9.68 Å². The molecule has 0 saturated carbocycles. The Morgan fingerprint density at radius 2 is 1.40 bits per heavy atom. The highest BCUT2D eigenvalue weighted by Crippen LogP contribution is 2.21. The summed E-state index contributed by atoms with van der Waals surface area (Å²) >= 11 is 0. The first-order valence-corrected chi connectivity index (χ1v) is 3.19. The normalized spacial score (nSPS) is 35.8. The predicted octanol–water partition coefficient (Wildman–Crippen LogP) is 0.536. The van der Waals surface area contributed by atoms with E-state index in [-0.39, 0.29) is 12.2 Å². The standard InChI is InChI=1S/C6H8N2O2/c1-3-5-6(10-7-3)4(2)8-9-5/h5-6H,1-2H3. The van der Waals surface area contributed by atoms with E-state index in [1.807, 2.05) is 13.8 Å². The van der Waals surface area contributed by atoms with Gasteiger partial charge in [-0.2, -0.15) is 0 Å². The maximum atomic E-state index is 5.03. The van der Waals surface area contributed by atoms with E-state index in [0.717, 1.165) is 11.4 Å². The van der Waals surface area contributed by atoms with Crippen LogP contribution in [0.25, 0.3) is 0 Å². The minimum Gasteiger partial charge on any atom is -0.382 e. The van der Waals surface area contributed by atoms with E-state index < -0.39 is 0 Å². The monoisotopic (exact) mass is 140 g/mol. The van der Waals surface area contributed by atoms with Crippen molar-refractivity contribution in [2.24, 2.45) is 10.3 Å². The molecule has 0 radical (unpaired) electrons. The molecule has 4 nitrogen and oxygen atoms in total. The van der Waals surface area contributed by atoms with Crippen LogP contribution in [0.5, 0.6) is 0 Å². The molecule has 0 aromatic heterocycles. The van der Waals surface area contributed by atoms with Crippen molar-refractivity contribution >= 4 is 11.4 Å². The van der Waals surface area contributed by atoms with Crippen molar-refractivity contribution in [3.05, 3.63) is 0 Å². The van der Waals surface area contributed by atoms with Gasteiger partial charge in [0.15, 0.2) is 0 Å². The van der Waals surface area contributed by atoms with Crippen LogP contribution in [0.2, 0.25) is 0 Å². The highest BCUT2D eigenvalue weighted by atomic mass is 16.7. The van der Waals surface area contributed by atoms with E-state index in [9.17, 15) is 0 Å². The zero-order chi connectivity index (χ0) is 7.14. The maximum absolute atomic E-state index is 5.03. The van der Waals surface area contributed by atoms with Crippen LogP contribution >= 0.6 is 0 Å². The molecule has 0 saturated heterocycles. The Morgan fingerprint density at radius 3 is 1.80 bits per heavy atom. The summed E-state index contributed by atoms with van der Waals surface area (Å²) in [6.07, 6.45) is -0.111. The van der Waals surface area contributed by atoms with E-state index in [1.165, 1.54) is 0 Å². The molecule has 0 fully saturated rings. The van der Waals surface area contributed by atoms with Gasteiger partial charge in [0, 0.05) is 0 Å². The van der Waals surface area contributed by atoms with Gasteiger partial charge in [0.1, 0.15) is 11.4 Å². The number of hydrogen-bond donors (Lipinski definition) is 0. The van der Waals surface area contributed by atoms with Crippen LogP contribution in [0, 0.1) is 0 Å². The summed E-state index contributed by atoms with van der Waals surface area (Å²) in [5.41, 5.74) is 1.73. The highest BCUT2D eigenvalue weighted by molar-refractivity contribution is 5.98. The summed E-state index contributed by atoms with van der Waals surface area (Å²) in [6.45, 7) is 3.75. The fraction of sp³-hybridized carbons (Fsp3) is 0.667. The van der Waals surface area contributed by atoms with Crippen LogP contribution in [0.3, 0.4) is 0 Å². The molecule has 2 aliphatic rings. The van der Waals surface area contributed by atoms with Crippen LogP contribution < -0.4 is 0 Å². The van der Waals surface area contributed by atoms with Crippen LogP contribution in [0.15, 0.2) is 10.3 Å². The Hall–Kier alpha value is -1.06. The summed E-state index contributed by atoms with van der Waals surface area (Å²) in [5, 5.41) is 7.56. The fourth-order valence-electron chi connectivity index (χ4n) is 1.08. The smallest absolute Gasteiger partial charge is 0.213 e. The van der Waals surface area contributed by atoms with E-state index in [0.29, 0.717) is 0 Å². The van der Waals surface area contributed by atoms with E-state index >= 15 is 0 Å². The molecule has 0 aliphatic carbocycles. The molecule has 0 bridgehead atoms. The first-order valence-electron chi connectivity index (χ1n) is 3.19. The van der Waals surface area contributed by atoms with Gasteiger partial charge < -0.3 is 9.68 Å². The summed E-state index contributed by atoms with van der Waals surface area (Å²) in [6, 6.07) is 0. The Morgan fingerprint density at radius 1 is 1.00 bits per heavy atom. The second kappa shape index (κ2) is 1.71. The first-order chi connectivity index (χ1) is 4.79. The maximum Gasteiger partial charge on any atom is 0.213 e. The Labute approximate surface area is 58.5 Å². The van der Waals surface area contributed by atoms with E-state index in [1.54, 1.807) is 0 Å². The Balaban J connectivity index is 2.23. The molecule has 2 unspecified atom stereocenters. The van der Waals surface area contributed by atoms with E-state index in [2.05, 4.69) is 10.3 Å². The van der Waals surface area contributed by atoms with Gasteiger partial charge in [-0.1, -0.05) is 10.3 Å². The molecule has 0 aromatic rings. The zero-order valence-electron chi connectivity index (χ0n) is 5.87. The average Bonchev–Trinajstić information content (AvgIpc) is 2.41. The lowest BCUT2D eigenvalue weighted by Crippen LogP contribution is -2.28. The van der Waals surface area contributed by atoms with Crippen molar-refractivity contribution in [2.75, 3.05) is 0 Å². The Kier molecular flexibility index (Phi) is 0.977. The van der Waals surface area contributed by atoms with Gasteiger partial charge in [-0.15, -0.1) is 0 Å². The van der Waals surface area contributed by atoms with Crippen LogP contribution in [-0.4, -0.2) is 23.6 Å². The van der Waals surface area contributed by atoms with Crippen molar-refractivity contribution in [1.29, 1.82) is 0 Å². The Bertz CT molecular complexity index is 198.